The molecule has 2 aromatic carbocycles. The van der Waals surface area contributed by atoms with Gasteiger partial charge in [-0.15, -0.1) is 11.6 Å². The van der Waals surface area contributed by atoms with E-state index < -0.39 is 17.8 Å². The summed E-state index contributed by atoms with van der Waals surface area (Å²) in [6, 6.07) is 14.4. The molecule has 7 heteroatoms. The van der Waals surface area contributed by atoms with E-state index in [-0.39, 0.29) is 12.1 Å². The van der Waals surface area contributed by atoms with Crippen molar-refractivity contribution in [2.45, 2.75) is 19.4 Å². The molecule has 0 saturated carbocycles. The SMILES string of the molecule is O=C1NC(=O)N(Cc2ccccc2)C(=O)/C1=C\c1ccc2c(c1)CCN2CCCCl. The number of nitrogens with zero attached hydrogens (tertiary/aromatic N) is 2. The number of alkyl halides is 1. The Kier molecular flexibility index (Phi) is 5.86. The zero-order chi connectivity index (χ0) is 21.1. The summed E-state index contributed by atoms with van der Waals surface area (Å²) in [4.78, 5) is 40.9. The molecule has 0 radical (unpaired) electrons. The maximum atomic E-state index is 12.9. The minimum absolute atomic E-state index is 0.0394. The van der Waals surface area contributed by atoms with E-state index in [1.54, 1.807) is 6.08 Å². The van der Waals surface area contributed by atoms with Gasteiger partial charge in [-0.1, -0.05) is 36.4 Å². The number of urea groups is 1. The topological polar surface area (TPSA) is 69.7 Å². The Morgan fingerprint density at radius 2 is 1.87 bits per heavy atom. The molecule has 154 valence electrons. The third-order valence-electron chi connectivity index (χ3n) is 5.34. The van der Waals surface area contributed by atoms with Crippen molar-refractivity contribution in [3.05, 3.63) is 70.8 Å². The molecule has 1 fully saturated rings. The Labute approximate surface area is 180 Å². The Morgan fingerprint density at radius 3 is 2.63 bits per heavy atom. The van der Waals surface area contributed by atoms with Crippen molar-refractivity contribution in [1.82, 2.24) is 10.2 Å². The van der Waals surface area contributed by atoms with E-state index >= 15 is 0 Å². The normalized spacial score (nSPS) is 17.5. The molecule has 2 aliphatic rings. The van der Waals surface area contributed by atoms with Gasteiger partial charge in [-0.05, 0) is 47.7 Å². The van der Waals surface area contributed by atoms with Gasteiger partial charge in [-0.25, -0.2) is 4.79 Å². The Bertz CT molecular complexity index is 1020. The number of hydrogen-bond acceptors (Lipinski definition) is 4. The highest BCUT2D eigenvalue weighted by atomic mass is 35.5. The van der Waals surface area contributed by atoms with Gasteiger partial charge in [0.1, 0.15) is 5.57 Å². The number of benzene rings is 2. The van der Waals surface area contributed by atoms with Gasteiger partial charge >= 0.3 is 6.03 Å². The van der Waals surface area contributed by atoms with Crippen molar-refractivity contribution in [3.63, 3.8) is 0 Å². The summed E-state index contributed by atoms with van der Waals surface area (Å²) >= 11 is 5.81. The molecule has 4 amide bonds. The number of imide groups is 2. The zero-order valence-corrected chi connectivity index (χ0v) is 17.2. The summed E-state index contributed by atoms with van der Waals surface area (Å²) in [6.45, 7) is 1.95. The number of carbonyl (C=O) groups excluding carboxylic acids is 3. The fourth-order valence-corrected chi connectivity index (χ4v) is 3.95. The van der Waals surface area contributed by atoms with Crippen molar-refractivity contribution in [2.24, 2.45) is 0 Å². The predicted octanol–water partition coefficient (Wildman–Crippen LogP) is 3.34. The molecule has 0 aliphatic carbocycles. The zero-order valence-electron chi connectivity index (χ0n) is 16.4. The van der Waals surface area contributed by atoms with E-state index in [0.717, 1.165) is 42.0 Å². The average Bonchev–Trinajstić information content (AvgIpc) is 3.15. The number of carbonyl (C=O) groups is 3. The first kappa shape index (κ1) is 20.2. The van der Waals surface area contributed by atoms with E-state index in [9.17, 15) is 14.4 Å². The standard InChI is InChI=1S/C23H22ClN3O3/c24-10-4-11-26-12-9-18-13-17(7-8-20(18)26)14-19-21(28)25-23(30)27(22(19)29)15-16-5-2-1-3-6-16/h1-3,5-8,13-14H,4,9-12,15H2,(H,25,28,30)/b19-14-. The van der Waals surface area contributed by atoms with E-state index in [4.69, 9.17) is 11.6 Å². The van der Waals surface area contributed by atoms with Crippen LogP contribution in [0.15, 0.2) is 54.1 Å². The van der Waals surface area contributed by atoms with Crippen LogP contribution in [0.3, 0.4) is 0 Å². The molecule has 0 atom stereocenters. The monoisotopic (exact) mass is 423 g/mol. The highest BCUT2D eigenvalue weighted by molar-refractivity contribution is 6.31. The van der Waals surface area contributed by atoms with Gasteiger partial charge in [0, 0.05) is 24.7 Å². The van der Waals surface area contributed by atoms with Gasteiger partial charge in [0.25, 0.3) is 11.8 Å². The summed E-state index contributed by atoms with van der Waals surface area (Å²) in [5.74, 6) is -0.624. The van der Waals surface area contributed by atoms with Crippen LogP contribution < -0.4 is 10.2 Å². The molecule has 2 heterocycles. The van der Waals surface area contributed by atoms with Crippen molar-refractivity contribution in [3.8, 4) is 0 Å². The lowest BCUT2D eigenvalue weighted by atomic mass is 10.0. The fourth-order valence-electron chi connectivity index (χ4n) is 3.83. The lowest BCUT2D eigenvalue weighted by Crippen LogP contribution is -2.53. The second kappa shape index (κ2) is 8.71. The third-order valence-corrected chi connectivity index (χ3v) is 5.60. The summed E-state index contributed by atoms with van der Waals surface area (Å²) in [5, 5.41) is 2.27. The van der Waals surface area contributed by atoms with E-state index in [1.807, 2.05) is 48.5 Å². The molecule has 0 bridgehead atoms. The van der Waals surface area contributed by atoms with Crippen molar-refractivity contribution in [1.29, 1.82) is 0 Å². The molecule has 30 heavy (non-hydrogen) atoms. The van der Waals surface area contributed by atoms with Crippen LogP contribution in [-0.4, -0.2) is 41.7 Å². The number of anilines is 1. The van der Waals surface area contributed by atoms with Gasteiger partial charge in [0.05, 0.1) is 6.54 Å². The van der Waals surface area contributed by atoms with Crippen molar-refractivity contribution in [2.75, 3.05) is 23.9 Å². The number of fused-ring (bicyclic) bond motifs is 1. The number of nitrogens with one attached hydrogen (secondary N) is 1. The molecule has 1 N–H and O–H groups in total. The average molecular weight is 424 g/mol. The quantitative estimate of drug-likeness (QED) is 0.439. The van der Waals surface area contributed by atoms with Gasteiger partial charge in [-0.3, -0.25) is 19.8 Å². The van der Waals surface area contributed by atoms with Crippen LogP contribution in [0, 0.1) is 0 Å². The predicted molar refractivity (Wildman–Crippen MR) is 116 cm³/mol. The van der Waals surface area contributed by atoms with Gasteiger partial charge in [0.15, 0.2) is 0 Å². The van der Waals surface area contributed by atoms with Crippen LogP contribution in [0.4, 0.5) is 10.5 Å². The van der Waals surface area contributed by atoms with Crippen LogP contribution in [0.1, 0.15) is 23.1 Å². The summed E-state index contributed by atoms with van der Waals surface area (Å²) in [6.07, 6.45) is 3.39. The van der Waals surface area contributed by atoms with E-state index in [1.165, 1.54) is 11.3 Å². The first-order chi connectivity index (χ1) is 14.6. The Hall–Kier alpha value is -3.12. The van der Waals surface area contributed by atoms with E-state index in [2.05, 4.69) is 10.2 Å². The van der Waals surface area contributed by atoms with E-state index in [0.29, 0.717) is 5.88 Å². The van der Waals surface area contributed by atoms with Crippen LogP contribution in [0.2, 0.25) is 0 Å². The maximum absolute atomic E-state index is 12.9. The third kappa shape index (κ3) is 4.09. The molecule has 6 nitrogen and oxygen atoms in total. The highest BCUT2D eigenvalue weighted by Gasteiger charge is 2.35. The lowest BCUT2D eigenvalue weighted by Gasteiger charge is -2.26. The first-order valence-corrected chi connectivity index (χ1v) is 10.5. The second-order valence-electron chi connectivity index (χ2n) is 7.36. The smallest absolute Gasteiger partial charge is 0.331 e. The minimum atomic E-state index is -0.699. The van der Waals surface area contributed by atoms with Crippen LogP contribution >= 0.6 is 11.6 Å². The minimum Gasteiger partial charge on any atom is -0.371 e. The maximum Gasteiger partial charge on any atom is 0.331 e. The number of barbiturate groups is 1. The Balaban J connectivity index is 1.57. The summed E-state index contributed by atoms with van der Waals surface area (Å²) in [7, 11) is 0. The van der Waals surface area contributed by atoms with Crippen molar-refractivity contribution >= 4 is 41.2 Å². The van der Waals surface area contributed by atoms with Crippen molar-refractivity contribution < 1.29 is 14.4 Å². The molecule has 0 spiro atoms. The summed E-state index contributed by atoms with van der Waals surface area (Å²) < 4.78 is 0. The molecule has 4 rings (SSSR count). The molecule has 1 saturated heterocycles. The first-order valence-electron chi connectivity index (χ1n) is 9.93. The number of halogens is 1. The molecule has 2 aliphatic heterocycles. The fraction of sp³-hybridized carbons (Fsp3) is 0.261. The molecular weight excluding hydrogens is 402 g/mol. The molecule has 0 unspecified atom stereocenters. The molecule has 0 aromatic heterocycles. The molecule has 2 aromatic rings. The van der Waals surface area contributed by atoms with Crippen LogP contribution in [-0.2, 0) is 22.6 Å². The lowest BCUT2D eigenvalue weighted by molar-refractivity contribution is -0.130. The Morgan fingerprint density at radius 1 is 1.07 bits per heavy atom. The van der Waals surface area contributed by atoms with Gasteiger partial charge in [0.2, 0.25) is 0 Å². The number of rotatable bonds is 6. The molecular formula is C23H22ClN3O3. The largest absolute Gasteiger partial charge is 0.371 e. The number of hydrogen-bond donors (Lipinski definition) is 1. The van der Waals surface area contributed by atoms with Gasteiger partial charge in [-0.2, -0.15) is 0 Å². The number of amides is 4. The van der Waals surface area contributed by atoms with Crippen LogP contribution in [0.25, 0.3) is 6.08 Å². The van der Waals surface area contributed by atoms with Gasteiger partial charge < -0.3 is 4.90 Å². The second-order valence-corrected chi connectivity index (χ2v) is 7.74. The highest BCUT2D eigenvalue weighted by Crippen LogP contribution is 2.30. The van der Waals surface area contributed by atoms with Crippen LogP contribution in [0.5, 0.6) is 0 Å². The summed E-state index contributed by atoms with van der Waals surface area (Å²) in [5.41, 5.74) is 3.88.